The van der Waals surface area contributed by atoms with Crippen molar-refractivity contribution < 1.29 is 9.13 Å². The molecule has 0 atom stereocenters. The quantitative estimate of drug-likeness (QED) is 0.899. The summed E-state index contributed by atoms with van der Waals surface area (Å²) >= 11 is 3.30. The summed E-state index contributed by atoms with van der Waals surface area (Å²) in [4.78, 5) is 0. The molecule has 1 heterocycles. The van der Waals surface area contributed by atoms with Gasteiger partial charge in [0.25, 0.3) is 0 Å². The largest absolute Gasteiger partial charge is 0.486 e. The van der Waals surface area contributed by atoms with Gasteiger partial charge in [0.2, 0.25) is 0 Å². The molecule has 0 aliphatic carbocycles. The predicted molar refractivity (Wildman–Crippen MR) is 58.6 cm³/mol. The first kappa shape index (κ1) is 11.8. The lowest BCUT2D eigenvalue weighted by Crippen LogP contribution is -2.50. The van der Waals surface area contributed by atoms with Crippen molar-refractivity contribution in [3.63, 3.8) is 0 Å². The van der Waals surface area contributed by atoms with E-state index in [0.717, 1.165) is 17.6 Å². The van der Waals surface area contributed by atoms with Gasteiger partial charge in [-0.2, -0.15) is 0 Å². The van der Waals surface area contributed by atoms with Crippen LogP contribution < -0.4 is 10.1 Å². The first-order valence-electron chi connectivity index (χ1n) is 4.08. The highest BCUT2D eigenvalue weighted by Gasteiger charge is 2.19. The Morgan fingerprint density at radius 2 is 2.14 bits per heavy atom. The number of hydrogen-bond acceptors (Lipinski definition) is 2. The Bertz CT molecular complexity index is 320. The van der Waals surface area contributed by atoms with Crippen LogP contribution in [0.15, 0.2) is 22.7 Å². The first-order chi connectivity index (χ1) is 6.25. The van der Waals surface area contributed by atoms with Gasteiger partial charge in [0.1, 0.15) is 17.7 Å². The Labute approximate surface area is 96.4 Å². The normalized spacial score (nSPS) is 15.6. The van der Waals surface area contributed by atoms with Crippen LogP contribution in [-0.4, -0.2) is 19.2 Å². The summed E-state index contributed by atoms with van der Waals surface area (Å²) < 4.78 is 19.1. The molecule has 0 saturated carbocycles. The van der Waals surface area contributed by atoms with E-state index in [1.165, 1.54) is 12.1 Å². The lowest BCUT2D eigenvalue weighted by atomic mass is 10.2. The maximum Gasteiger partial charge on any atom is 0.136 e. The monoisotopic (exact) mass is 281 g/mol. The zero-order valence-electron chi connectivity index (χ0n) is 7.30. The van der Waals surface area contributed by atoms with Crippen LogP contribution in [0.3, 0.4) is 0 Å². The molecule has 1 aliphatic rings. The van der Waals surface area contributed by atoms with Crippen LogP contribution in [0.4, 0.5) is 4.39 Å². The standard InChI is InChI=1S/C9H9BrFNO.ClH/c10-8-2-1-6(11)3-9(8)13-7-4-12-5-7;/h1-3,7,12H,4-5H2;1H. The minimum absolute atomic E-state index is 0. The fourth-order valence-corrected chi connectivity index (χ4v) is 1.43. The summed E-state index contributed by atoms with van der Waals surface area (Å²) in [5.41, 5.74) is 0. The lowest BCUT2D eigenvalue weighted by Gasteiger charge is -2.28. The highest BCUT2D eigenvalue weighted by Crippen LogP contribution is 2.26. The summed E-state index contributed by atoms with van der Waals surface area (Å²) in [5, 5.41) is 3.08. The van der Waals surface area contributed by atoms with E-state index in [-0.39, 0.29) is 24.3 Å². The molecular formula is C9H10BrClFNO. The average Bonchev–Trinajstić information content (AvgIpc) is 2.03. The van der Waals surface area contributed by atoms with E-state index in [4.69, 9.17) is 4.74 Å². The summed E-state index contributed by atoms with van der Waals surface area (Å²) in [5.74, 6) is 0.303. The van der Waals surface area contributed by atoms with Gasteiger partial charge in [0.05, 0.1) is 4.47 Å². The summed E-state index contributed by atoms with van der Waals surface area (Å²) in [7, 11) is 0. The molecule has 0 aromatic heterocycles. The van der Waals surface area contributed by atoms with Crippen molar-refractivity contribution in [2.24, 2.45) is 0 Å². The van der Waals surface area contributed by atoms with Gasteiger partial charge in [-0.1, -0.05) is 0 Å². The van der Waals surface area contributed by atoms with Crippen LogP contribution in [0.1, 0.15) is 0 Å². The van der Waals surface area contributed by atoms with E-state index in [1.54, 1.807) is 6.07 Å². The first-order valence-corrected chi connectivity index (χ1v) is 4.87. The van der Waals surface area contributed by atoms with Crippen LogP contribution in [0.25, 0.3) is 0 Å². The van der Waals surface area contributed by atoms with E-state index >= 15 is 0 Å². The lowest BCUT2D eigenvalue weighted by molar-refractivity contribution is 0.141. The highest BCUT2D eigenvalue weighted by molar-refractivity contribution is 9.10. The number of hydrogen-bond donors (Lipinski definition) is 1. The van der Waals surface area contributed by atoms with E-state index in [2.05, 4.69) is 21.2 Å². The molecule has 0 bridgehead atoms. The van der Waals surface area contributed by atoms with Crippen molar-refractivity contribution in [3.8, 4) is 5.75 Å². The Kier molecular flexibility index (Phi) is 4.16. The second-order valence-electron chi connectivity index (χ2n) is 2.97. The zero-order chi connectivity index (χ0) is 9.26. The smallest absolute Gasteiger partial charge is 0.136 e. The summed E-state index contributed by atoms with van der Waals surface area (Å²) in [6.07, 6.45) is 0.179. The van der Waals surface area contributed by atoms with E-state index in [0.29, 0.717) is 5.75 Å². The van der Waals surface area contributed by atoms with Crippen LogP contribution >= 0.6 is 28.3 Å². The van der Waals surface area contributed by atoms with Gasteiger partial charge in [-0.15, -0.1) is 12.4 Å². The van der Waals surface area contributed by atoms with Crippen molar-refractivity contribution >= 4 is 28.3 Å². The van der Waals surface area contributed by atoms with Gasteiger partial charge in [-0.3, -0.25) is 0 Å². The Morgan fingerprint density at radius 1 is 1.43 bits per heavy atom. The van der Waals surface area contributed by atoms with Crippen molar-refractivity contribution in [3.05, 3.63) is 28.5 Å². The summed E-state index contributed by atoms with van der Waals surface area (Å²) in [6, 6.07) is 4.44. The minimum atomic E-state index is -0.273. The van der Waals surface area contributed by atoms with Gasteiger partial charge in [-0.05, 0) is 28.1 Å². The van der Waals surface area contributed by atoms with Crippen LogP contribution in [-0.2, 0) is 0 Å². The van der Waals surface area contributed by atoms with Gasteiger partial charge in [0.15, 0.2) is 0 Å². The van der Waals surface area contributed by atoms with Gasteiger partial charge < -0.3 is 10.1 Å². The molecule has 0 spiro atoms. The molecule has 0 unspecified atom stereocenters. The Morgan fingerprint density at radius 3 is 2.71 bits per heavy atom. The third kappa shape index (κ3) is 2.59. The summed E-state index contributed by atoms with van der Waals surface area (Å²) in [6.45, 7) is 1.67. The third-order valence-electron chi connectivity index (χ3n) is 1.93. The SMILES string of the molecule is Cl.Fc1ccc(Br)c(OC2CNC2)c1. The van der Waals surface area contributed by atoms with Crippen molar-refractivity contribution in [1.82, 2.24) is 5.32 Å². The Hall–Kier alpha value is -0.320. The van der Waals surface area contributed by atoms with E-state index in [9.17, 15) is 4.39 Å². The van der Waals surface area contributed by atoms with Crippen molar-refractivity contribution in [2.45, 2.75) is 6.10 Å². The second kappa shape index (κ2) is 4.96. The van der Waals surface area contributed by atoms with Crippen LogP contribution in [0, 0.1) is 5.82 Å². The molecule has 1 aromatic rings. The molecule has 1 saturated heterocycles. The number of halogens is 3. The van der Waals surface area contributed by atoms with Crippen LogP contribution in [0.2, 0.25) is 0 Å². The van der Waals surface area contributed by atoms with E-state index < -0.39 is 0 Å². The average molecular weight is 283 g/mol. The topological polar surface area (TPSA) is 21.3 Å². The third-order valence-corrected chi connectivity index (χ3v) is 2.59. The van der Waals surface area contributed by atoms with Crippen molar-refractivity contribution in [1.29, 1.82) is 0 Å². The minimum Gasteiger partial charge on any atom is -0.486 e. The second-order valence-corrected chi connectivity index (χ2v) is 3.83. The molecule has 0 amide bonds. The molecule has 1 N–H and O–H groups in total. The molecule has 78 valence electrons. The van der Waals surface area contributed by atoms with E-state index in [1.807, 2.05) is 0 Å². The highest BCUT2D eigenvalue weighted by atomic mass is 79.9. The Balaban J connectivity index is 0.000000980. The van der Waals surface area contributed by atoms with Gasteiger partial charge in [0, 0.05) is 19.2 Å². The van der Waals surface area contributed by atoms with Gasteiger partial charge in [-0.25, -0.2) is 4.39 Å². The molecular weight excluding hydrogens is 272 g/mol. The molecule has 2 rings (SSSR count). The number of benzene rings is 1. The fourth-order valence-electron chi connectivity index (χ4n) is 1.09. The predicted octanol–water partition coefficient (Wildman–Crippen LogP) is 2.36. The van der Waals surface area contributed by atoms with Gasteiger partial charge >= 0.3 is 0 Å². The van der Waals surface area contributed by atoms with Crippen LogP contribution in [0.5, 0.6) is 5.75 Å². The molecule has 2 nitrogen and oxygen atoms in total. The maximum atomic E-state index is 12.8. The molecule has 0 radical (unpaired) electrons. The number of nitrogens with one attached hydrogen (secondary N) is 1. The molecule has 14 heavy (non-hydrogen) atoms. The number of ether oxygens (including phenoxy) is 1. The molecule has 1 aliphatic heterocycles. The van der Waals surface area contributed by atoms with Crippen molar-refractivity contribution in [2.75, 3.05) is 13.1 Å². The molecule has 1 fully saturated rings. The molecule has 1 aromatic carbocycles. The zero-order valence-corrected chi connectivity index (χ0v) is 9.70. The maximum absolute atomic E-state index is 12.8. The molecule has 5 heteroatoms. The fraction of sp³-hybridized carbons (Fsp3) is 0.333. The number of rotatable bonds is 2.